The highest BCUT2D eigenvalue weighted by atomic mass is 16.5. The van der Waals surface area contributed by atoms with E-state index in [4.69, 9.17) is 4.74 Å². The van der Waals surface area contributed by atoms with E-state index in [1.165, 1.54) is 25.8 Å². The number of hydrogen-bond donors (Lipinski definition) is 0. The summed E-state index contributed by atoms with van der Waals surface area (Å²) in [7, 11) is 0. The second-order valence-electron chi connectivity index (χ2n) is 8.94. The maximum atomic E-state index is 13.1. The SMILES string of the molecule is CCOc1ccccc1N1CCN(C(=O)C2CCN(CC3CC=CCC3)CC2)CC1. The Hall–Kier alpha value is -2.01. The van der Waals surface area contributed by atoms with Crippen LogP contribution in [0.3, 0.4) is 0 Å². The molecule has 0 N–H and O–H groups in total. The van der Waals surface area contributed by atoms with Crippen LogP contribution in [-0.2, 0) is 4.79 Å². The monoisotopic (exact) mass is 411 g/mol. The highest BCUT2D eigenvalue weighted by molar-refractivity contribution is 5.79. The molecule has 1 unspecified atom stereocenters. The number of amides is 1. The normalized spacial score (nSPS) is 23.6. The summed E-state index contributed by atoms with van der Waals surface area (Å²) < 4.78 is 5.79. The van der Waals surface area contributed by atoms with Crippen molar-refractivity contribution in [1.29, 1.82) is 0 Å². The fourth-order valence-corrected chi connectivity index (χ4v) is 5.17. The third kappa shape index (κ3) is 5.18. The summed E-state index contributed by atoms with van der Waals surface area (Å²) >= 11 is 0. The molecule has 4 rings (SSSR count). The van der Waals surface area contributed by atoms with Crippen molar-refractivity contribution in [3.05, 3.63) is 36.4 Å². The van der Waals surface area contributed by atoms with Gasteiger partial charge in [0.25, 0.3) is 0 Å². The Morgan fingerprint density at radius 1 is 1.00 bits per heavy atom. The summed E-state index contributed by atoms with van der Waals surface area (Å²) in [5, 5.41) is 0. The highest BCUT2D eigenvalue weighted by Gasteiger charge is 2.31. The zero-order valence-corrected chi connectivity index (χ0v) is 18.5. The van der Waals surface area contributed by atoms with E-state index in [1.54, 1.807) is 0 Å². The van der Waals surface area contributed by atoms with Gasteiger partial charge >= 0.3 is 0 Å². The second kappa shape index (κ2) is 10.3. The van der Waals surface area contributed by atoms with Gasteiger partial charge in [-0.15, -0.1) is 0 Å². The molecule has 1 aromatic carbocycles. The molecule has 1 aliphatic carbocycles. The first-order valence-electron chi connectivity index (χ1n) is 11.9. The first-order valence-corrected chi connectivity index (χ1v) is 11.9. The van der Waals surface area contributed by atoms with Gasteiger partial charge in [-0.25, -0.2) is 0 Å². The Morgan fingerprint density at radius 2 is 1.77 bits per heavy atom. The quantitative estimate of drug-likeness (QED) is 0.667. The van der Waals surface area contributed by atoms with Crippen molar-refractivity contribution in [2.45, 2.75) is 39.0 Å². The standard InChI is InChI=1S/C25H37N3O2/c1-2-30-24-11-7-6-10-23(24)27-16-18-28(19-17-27)25(29)22-12-14-26(15-13-22)20-21-8-4-3-5-9-21/h3-4,6-7,10-11,21-22H,2,5,8-9,12-20H2,1H3. The number of nitrogens with zero attached hydrogens (tertiary/aromatic N) is 3. The number of likely N-dealkylation sites (tertiary alicyclic amines) is 1. The van der Waals surface area contributed by atoms with Crippen molar-refractivity contribution < 1.29 is 9.53 Å². The van der Waals surface area contributed by atoms with Crippen molar-refractivity contribution in [2.24, 2.45) is 11.8 Å². The zero-order chi connectivity index (χ0) is 20.8. The summed E-state index contributed by atoms with van der Waals surface area (Å²) in [4.78, 5) is 20.2. The molecule has 0 aromatic heterocycles. The minimum atomic E-state index is 0.217. The summed E-state index contributed by atoms with van der Waals surface area (Å²) in [6.45, 7) is 9.45. The van der Waals surface area contributed by atoms with Gasteiger partial charge < -0.3 is 19.4 Å². The summed E-state index contributed by atoms with van der Waals surface area (Å²) in [5.41, 5.74) is 1.15. The Kier molecular flexibility index (Phi) is 7.32. The third-order valence-electron chi connectivity index (χ3n) is 6.93. The maximum Gasteiger partial charge on any atom is 0.225 e. The smallest absolute Gasteiger partial charge is 0.225 e. The molecule has 5 heteroatoms. The molecule has 1 amide bonds. The first-order chi connectivity index (χ1) is 14.7. The van der Waals surface area contributed by atoms with E-state index in [0.29, 0.717) is 12.5 Å². The fraction of sp³-hybridized carbons (Fsp3) is 0.640. The lowest BCUT2D eigenvalue weighted by atomic mass is 9.91. The average molecular weight is 412 g/mol. The van der Waals surface area contributed by atoms with Crippen LogP contribution in [0.1, 0.15) is 39.0 Å². The minimum absolute atomic E-state index is 0.217. The third-order valence-corrected chi connectivity index (χ3v) is 6.93. The van der Waals surface area contributed by atoms with Gasteiger partial charge in [0.15, 0.2) is 0 Å². The Balaban J connectivity index is 1.23. The number of allylic oxidation sites excluding steroid dienone is 2. The van der Waals surface area contributed by atoms with Gasteiger partial charge in [-0.1, -0.05) is 24.3 Å². The van der Waals surface area contributed by atoms with Crippen molar-refractivity contribution in [3.63, 3.8) is 0 Å². The molecule has 5 nitrogen and oxygen atoms in total. The number of rotatable bonds is 6. The molecular formula is C25H37N3O2. The van der Waals surface area contributed by atoms with Crippen LogP contribution in [0.15, 0.2) is 36.4 Å². The maximum absolute atomic E-state index is 13.1. The van der Waals surface area contributed by atoms with E-state index in [0.717, 1.165) is 69.5 Å². The van der Waals surface area contributed by atoms with E-state index in [9.17, 15) is 4.79 Å². The van der Waals surface area contributed by atoms with Crippen LogP contribution < -0.4 is 9.64 Å². The van der Waals surface area contributed by atoms with Gasteiger partial charge in [0, 0.05) is 38.6 Å². The predicted octanol–water partition coefficient (Wildman–Crippen LogP) is 3.80. The Labute approximate surface area is 181 Å². The molecule has 1 atom stereocenters. The van der Waals surface area contributed by atoms with Crippen molar-refractivity contribution in [3.8, 4) is 5.75 Å². The van der Waals surface area contributed by atoms with Gasteiger partial charge in [-0.2, -0.15) is 0 Å². The van der Waals surface area contributed by atoms with E-state index < -0.39 is 0 Å². The van der Waals surface area contributed by atoms with E-state index in [-0.39, 0.29) is 5.92 Å². The molecule has 3 aliphatic rings. The van der Waals surface area contributed by atoms with Crippen LogP contribution in [0, 0.1) is 11.8 Å². The van der Waals surface area contributed by atoms with Crippen molar-refractivity contribution in [1.82, 2.24) is 9.80 Å². The van der Waals surface area contributed by atoms with Crippen molar-refractivity contribution in [2.75, 3.05) is 57.3 Å². The molecule has 2 fully saturated rings. The number of piperidine rings is 1. The fourth-order valence-electron chi connectivity index (χ4n) is 5.17. The summed E-state index contributed by atoms with van der Waals surface area (Å²) in [6.07, 6.45) is 10.5. The highest BCUT2D eigenvalue weighted by Crippen LogP contribution is 2.30. The lowest BCUT2D eigenvalue weighted by Crippen LogP contribution is -2.52. The van der Waals surface area contributed by atoms with Gasteiger partial charge in [0.05, 0.1) is 12.3 Å². The summed E-state index contributed by atoms with van der Waals surface area (Å²) in [5.74, 6) is 2.36. The average Bonchev–Trinajstić information content (AvgIpc) is 2.81. The number of piperazine rings is 1. The second-order valence-corrected chi connectivity index (χ2v) is 8.94. The minimum Gasteiger partial charge on any atom is -0.492 e. The molecule has 2 saturated heterocycles. The lowest BCUT2D eigenvalue weighted by Gasteiger charge is -2.40. The molecule has 164 valence electrons. The van der Waals surface area contributed by atoms with Crippen LogP contribution in [-0.4, -0.2) is 68.1 Å². The number of anilines is 1. The molecule has 0 radical (unpaired) electrons. The zero-order valence-electron chi connectivity index (χ0n) is 18.5. The number of para-hydroxylation sites is 2. The number of ether oxygens (including phenoxy) is 1. The van der Waals surface area contributed by atoms with Gasteiger partial charge in [0.1, 0.15) is 5.75 Å². The van der Waals surface area contributed by atoms with E-state index in [1.807, 2.05) is 19.1 Å². The summed E-state index contributed by atoms with van der Waals surface area (Å²) in [6, 6.07) is 8.24. The van der Waals surface area contributed by atoms with Crippen molar-refractivity contribution >= 4 is 11.6 Å². The number of benzene rings is 1. The van der Waals surface area contributed by atoms with Crippen LogP contribution in [0.2, 0.25) is 0 Å². The first kappa shape index (κ1) is 21.2. The van der Waals surface area contributed by atoms with E-state index >= 15 is 0 Å². The van der Waals surface area contributed by atoms with Crippen LogP contribution in [0.5, 0.6) is 5.75 Å². The molecule has 0 bridgehead atoms. The predicted molar refractivity (Wildman–Crippen MR) is 122 cm³/mol. The van der Waals surface area contributed by atoms with Gasteiger partial charge in [0.2, 0.25) is 5.91 Å². The molecule has 0 saturated carbocycles. The Morgan fingerprint density at radius 3 is 2.47 bits per heavy atom. The molecule has 30 heavy (non-hydrogen) atoms. The van der Waals surface area contributed by atoms with Gasteiger partial charge in [-0.3, -0.25) is 4.79 Å². The molecular weight excluding hydrogens is 374 g/mol. The van der Waals surface area contributed by atoms with E-state index in [2.05, 4.69) is 39.0 Å². The largest absolute Gasteiger partial charge is 0.492 e. The number of carbonyl (C=O) groups is 1. The van der Waals surface area contributed by atoms with Crippen LogP contribution in [0.4, 0.5) is 5.69 Å². The topological polar surface area (TPSA) is 36.0 Å². The number of carbonyl (C=O) groups excluding carboxylic acids is 1. The molecule has 0 spiro atoms. The molecule has 2 aliphatic heterocycles. The van der Waals surface area contributed by atoms with Crippen LogP contribution in [0.25, 0.3) is 0 Å². The van der Waals surface area contributed by atoms with Gasteiger partial charge in [-0.05, 0) is 70.2 Å². The Bertz CT molecular complexity index is 719. The molecule has 2 heterocycles. The van der Waals surface area contributed by atoms with Crippen LogP contribution >= 0.6 is 0 Å². The number of hydrogen-bond acceptors (Lipinski definition) is 4. The lowest BCUT2D eigenvalue weighted by molar-refractivity contribution is -0.137. The molecule has 1 aromatic rings.